The van der Waals surface area contributed by atoms with Gasteiger partial charge >= 0.3 is 0 Å². The maximum absolute atomic E-state index is 12.9. The van der Waals surface area contributed by atoms with Crippen molar-refractivity contribution in [3.05, 3.63) is 29.4 Å². The maximum atomic E-state index is 12.9. The van der Waals surface area contributed by atoms with Crippen LogP contribution >= 0.6 is 11.6 Å². The lowest BCUT2D eigenvalue weighted by molar-refractivity contribution is -0.118. The molecule has 188 valence electrons. The fourth-order valence-corrected chi connectivity index (χ4v) is 6.40. The SMILES string of the molecule is CO[C@@H]1COC[C@H]1N1CCN(c2cc3cc(NC(=O)[C@H]4CC45CCOCC5)ncc3cc2Cl)CC1. The molecular formula is C26H33ClN4O4. The predicted octanol–water partition coefficient (Wildman–Crippen LogP) is 3.18. The van der Waals surface area contributed by atoms with Gasteiger partial charge < -0.3 is 24.4 Å². The van der Waals surface area contributed by atoms with E-state index in [0.29, 0.717) is 18.5 Å². The number of benzene rings is 1. The van der Waals surface area contributed by atoms with Crippen molar-refractivity contribution in [2.45, 2.75) is 31.4 Å². The third kappa shape index (κ3) is 4.51. The molecule has 1 aliphatic carbocycles. The molecule has 1 spiro atoms. The fourth-order valence-electron chi connectivity index (χ4n) is 6.11. The Kier molecular flexibility index (Phi) is 6.35. The quantitative estimate of drug-likeness (QED) is 0.675. The average Bonchev–Trinajstić information content (AvgIpc) is 3.34. The summed E-state index contributed by atoms with van der Waals surface area (Å²) >= 11 is 6.70. The van der Waals surface area contributed by atoms with Gasteiger partial charge in [0.25, 0.3) is 0 Å². The zero-order valence-corrected chi connectivity index (χ0v) is 20.9. The van der Waals surface area contributed by atoms with Crippen molar-refractivity contribution in [1.29, 1.82) is 0 Å². The van der Waals surface area contributed by atoms with E-state index in [4.69, 9.17) is 25.8 Å². The Morgan fingerprint density at radius 3 is 2.69 bits per heavy atom. The van der Waals surface area contributed by atoms with E-state index < -0.39 is 0 Å². The molecule has 2 aromatic rings. The standard InChI is InChI=1S/C26H33ClN4O4/c1-33-23-16-35-15-22(23)31-6-4-30(5-7-31)21-11-17-12-24(28-14-18(17)10-20(21)27)29-25(32)19-13-26(19)2-8-34-9-3-26/h10-12,14,19,22-23H,2-9,13,15-16H2,1H3,(H,28,29,32)/t19-,22-,23-/m1/s1. The van der Waals surface area contributed by atoms with E-state index in [1.807, 2.05) is 12.1 Å². The number of hydrogen-bond donors (Lipinski definition) is 1. The first-order valence-electron chi connectivity index (χ1n) is 12.6. The van der Waals surface area contributed by atoms with Crippen LogP contribution in [0.1, 0.15) is 19.3 Å². The molecule has 1 aromatic heterocycles. The Bertz CT molecular complexity index is 1100. The highest BCUT2D eigenvalue weighted by Crippen LogP contribution is 2.59. The minimum atomic E-state index is 0.0731. The number of ether oxygens (including phenoxy) is 3. The summed E-state index contributed by atoms with van der Waals surface area (Å²) in [7, 11) is 1.76. The number of rotatable bonds is 5. The third-order valence-electron chi connectivity index (χ3n) is 8.46. The summed E-state index contributed by atoms with van der Waals surface area (Å²) < 4.78 is 16.7. The molecule has 0 radical (unpaired) electrons. The number of methoxy groups -OCH3 is 1. The highest BCUT2D eigenvalue weighted by molar-refractivity contribution is 6.34. The molecule has 9 heteroatoms. The van der Waals surface area contributed by atoms with Crippen LogP contribution in [-0.4, -0.2) is 87.7 Å². The van der Waals surface area contributed by atoms with Gasteiger partial charge in [0, 0.05) is 64.0 Å². The molecule has 8 nitrogen and oxygen atoms in total. The van der Waals surface area contributed by atoms with Crippen molar-refractivity contribution in [2.24, 2.45) is 11.3 Å². The third-order valence-corrected chi connectivity index (χ3v) is 8.76. The van der Waals surface area contributed by atoms with Gasteiger partial charge in [-0.05, 0) is 48.3 Å². The largest absolute Gasteiger partial charge is 0.381 e. The van der Waals surface area contributed by atoms with Gasteiger partial charge in [-0.15, -0.1) is 0 Å². The molecule has 1 saturated carbocycles. The second kappa shape index (κ2) is 9.48. The number of carbonyl (C=O) groups is 1. The van der Waals surface area contributed by atoms with Crippen molar-refractivity contribution < 1.29 is 19.0 Å². The van der Waals surface area contributed by atoms with E-state index in [1.54, 1.807) is 13.3 Å². The fraction of sp³-hybridized carbons (Fsp3) is 0.615. The Hall–Kier alpha value is -1.97. The number of carbonyl (C=O) groups excluding carboxylic acids is 1. The summed E-state index contributed by atoms with van der Waals surface area (Å²) in [5, 5.41) is 5.78. The van der Waals surface area contributed by atoms with Gasteiger partial charge in [0.05, 0.1) is 36.1 Å². The molecule has 35 heavy (non-hydrogen) atoms. The molecule has 4 heterocycles. The van der Waals surface area contributed by atoms with Crippen LogP contribution < -0.4 is 10.2 Å². The molecule has 0 unspecified atom stereocenters. The molecule has 6 rings (SSSR count). The van der Waals surface area contributed by atoms with Gasteiger partial charge in [-0.1, -0.05) is 11.6 Å². The molecule has 0 bridgehead atoms. The first-order valence-corrected chi connectivity index (χ1v) is 13.0. The van der Waals surface area contributed by atoms with Gasteiger partial charge in [-0.2, -0.15) is 0 Å². The molecule has 1 N–H and O–H groups in total. The summed E-state index contributed by atoms with van der Waals surface area (Å²) in [4.78, 5) is 22.2. The molecular weight excluding hydrogens is 468 g/mol. The van der Waals surface area contributed by atoms with Crippen LogP contribution in [0.5, 0.6) is 0 Å². The van der Waals surface area contributed by atoms with E-state index in [2.05, 4.69) is 26.2 Å². The number of aromatic nitrogens is 1. The van der Waals surface area contributed by atoms with Crippen molar-refractivity contribution in [3.63, 3.8) is 0 Å². The van der Waals surface area contributed by atoms with Crippen LogP contribution in [0.25, 0.3) is 10.8 Å². The van der Waals surface area contributed by atoms with Crippen LogP contribution in [0.3, 0.4) is 0 Å². The van der Waals surface area contributed by atoms with E-state index >= 15 is 0 Å². The smallest absolute Gasteiger partial charge is 0.229 e. The number of piperazine rings is 1. The second-order valence-corrected chi connectivity index (χ2v) is 10.8. The van der Waals surface area contributed by atoms with E-state index in [9.17, 15) is 4.79 Å². The van der Waals surface area contributed by atoms with Gasteiger partial charge in [0.2, 0.25) is 5.91 Å². The maximum Gasteiger partial charge on any atom is 0.229 e. The lowest BCUT2D eigenvalue weighted by Gasteiger charge is -2.40. The summed E-state index contributed by atoms with van der Waals surface area (Å²) in [6.45, 7) is 6.57. The molecule has 1 amide bonds. The number of nitrogens with zero attached hydrogens (tertiary/aromatic N) is 3. The van der Waals surface area contributed by atoms with Gasteiger partial charge in [0.15, 0.2) is 0 Å². The molecule has 3 saturated heterocycles. The number of nitrogens with one attached hydrogen (secondary N) is 1. The minimum Gasteiger partial charge on any atom is -0.381 e. The highest BCUT2D eigenvalue weighted by atomic mass is 35.5. The first-order chi connectivity index (χ1) is 17.1. The number of pyridine rings is 1. The lowest BCUT2D eigenvalue weighted by atomic mass is 9.93. The number of amides is 1. The summed E-state index contributed by atoms with van der Waals surface area (Å²) in [5.41, 5.74) is 1.17. The molecule has 3 atom stereocenters. The van der Waals surface area contributed by atoms with E-state index in [1.165, 1.54) is 0 Å². The normalized spacial score (nSPS) is 28.5. The van der Waals surface area contributed by atoms with Crippen molar-refractivity contribution >= 4 is 39.8 Å². The van der Waals surface area contributed by atoms with E-state index in [-0.39, 0.29) is 23.3 Å². The van der Waals surface area contributed by atoms with Gasteiger partial charge in [-0.25, -0.2) is 4.98 Å². The van der Waals surface area contributed by atoms with Crippen LogP contribution in [0.2, 0.25) is 5.02 Å². The van der Waals surface area contributed by atoms with Crippen molar-refractivity contribution in [3.8, 4) is 0 Å². The van der Waals surface area contributed by atoms with Gasteiger partial charge in [0.1, 0.15) is 5.82 Å². The zero-order valence-electron chi connectivity index (χ0n) is 20.2. The van der Waals surface area contributed by atoms with Crippen molar-refractivity contribution in [2.75, 3.05) is 69.9 Å². The lowest BCUT2D eigenvalue weighted by Crippen LogP contribution is -2.54. The summed E-state index contributed by atoms with van der Waals surface area (Å²) in [6, 6.07) is 6.37. The van der Waals surface area contributed by atoms with Crippen LogP contribution in [0.4, 0.5) is 11.5 Å². The highest BCUT2D eigenvalue weighted by Gasteiger charge is 2.58. The molecule has 4 fully saturated rings. The number of halogens is 1. The Labute approximate surface area is 210 Å². The Balaban J connectivity index is 1.14. The minimum absolute atomic E-state index is 0.0731. The van der Waals surface area contributed by atoms with E-state index in [0.717, 1.165) is 86.7 Å². The average molecular weight is 501 g/mol. The molecule has 3 aliphatic heterocycles. The summed E-state index contributed by atoms with van der Waals surface area (Å²) in [6.07, 6.45) is 4.85. The van der Waals surface area contributed by atoms with Gasteiger partial charge in [-0.3, -0.25) is 9.69 Å². The molecule has 4 aliphatic rings. The van der Waals surface area contributed by atoms with Crippen LogP contribution in [0.15, 0.2) is 24.4 Å². The van der Waals surface area contributed by atoms with Crippen LogP contribution in [-0.2, 0) is 19.0 Å². The monoisotopic (exact) mass is 500 g/mol. The number of anilines is 2. The Morgan fingerprint density at radius 1 is 1.11 bits per heavy atom. The molecule has 1 aromatic carbocycles. The zero-order chi connectivity index (χ0) is 24.0. The first kappa shape index (κ1) is 23.4. The predicted molar refractivity (Wildman–Crippen MR) is 135 cm³/mol. The Morgan fingerprint density at radius 2 is 1.91 bits per heavy atom. The number of hydrogen-bond acceptors (Lipinski definition) is 7. The topological polar surface area (TPSA) is 76.2 Å². The summed E-state index contributed by atoms with van der Waals surface area (Å²) in [5.74, 6) is 0.750. The van der Waals surface area contributed by atoms with Crippen LogP contribution in [0, 0.1) is 11.3 Å². The second-order valence-electron chi connectivity index (χ2n) is 10.3. The van der Waals surface area contributed by atoms with Crippen molar-refractivity contribution in [1.82, 2.24) is 9.88 Å². The number of fused-ring (bicyclic) bond motifs is 1.